The number of esters is 1. The third-order valence-electron chi connectivity index (χ3n) is 15.3. The lowest BCUT2D eigenvalue weighted by Crippen LogP contribution is -2.64. The van der Waals surface area contributed by atoms with Crippen LogP contribution in [0.5, 0.6) is 0 Å². The molecule has 83 heavy (non-hydrogen) atoms. The maximum atomic E-state index is 14.5. The molecule has 13 atom stereocenters. The molecular weight excluding hydrogens is 1090 g/mol. The van der Waals surface area contributed by atoms with Crippen molar-refractivity contribution in [1.29, 1.82) is 0 Å². The molecule has 0 saturated carbocycles. The summed E-state index contributed by atoms with van der Waals surface area (Å²) in [4.78, 5) is 159. The number of hydrogen-bond acceptors (Lipinski definition) is 18. The average Bonchev–Trinajstić information content (AvgIpc) is 4.38. The number of carboxylic acid groups (broad SMARTS) is 2. The van der Waals surface area contributed by atoms with Gasteiger partial charge in [-0.3, -0.25) is 43.3 Å². The van der Waals surface area contributed by atoms with Crippen molar-refractivity contribution in [3.8, 4) is 0 Å². The van der Waals surface area contributed by atoms with E-state index < -0.39 is 164 Å². The molecule has 0 aromatic rings. The number of nitrogens with zero attached hydrogens (tertiary/aromatic N) is 4. The first-order chi connectivity index (χ1) is 39.3. The van der Waals surface area contributed by atoms with E-state index in [1.807, 2.05) is 10.6 Å². The van der Waals surface area contributed by atoms with E-state index in [4.69, 9.17) is 16.2 Å². The van der Waals surface area contributed by atoms with Crippen molar-refractivity contribution < 1.29 is 93.2 Å². The maximum Gasteiger partial charge on any atom is 0.335 e. The van der Waals surface area contributed by atoms with Crippen molar-refractivity contribution in [2.75, 3.05) is 32.8 Å². The van der Waals surface area contributed by atoms with E-state index in [0.29, 0.717) is 23.7 Å². The van der Waals surface area contributed by atoms with Crippen molar-refractivity contribution in [2.24, 2.45) is 22.4 Å². The lowest BCUT2D eigenvalue weighted by molar-refractivity contribution is -0.165. The van der Waals surface area contributed by atoms with Gasteiger partial charge in [-0.15, -0.1) is 0 Å². The van der Waals surface area contributed by atoms with Gasteiger partial charge in [0, 0.05) is 26.2 Å². The minimum absolute atomic E-state index is 0.00894. The number of nitrogens with two attached hydrogens (primary N) is 2. The van der Waals surface area contributed by atoms with Crippen LogP contribution in [0.2, 0.25) is 0 Å². The molecule has 0 aliphatic carbocycles. The zero-order valence-corrected chi connectivity index (χ0v) is 47.5. The molecule has 4 heterocycles. The second-order valence-electron chi connectivity index (χ2n) is 22.2. The van der Waals surface area contributed by atoms with Gasteiger partial charge in [-0.05, 0) is 70.6 Å². The Morgan fingerprint density at radius 2 is 1.16 bits per heavy atom. The van der Waals surface area contributed by atoms with Gasteiger partial charge in [-0.25, -0.2) is 14.4 Å². The van der Waals surface area contributed by atoms with Gasteiger partial charge in [0.2, 0.25) is 47.3 Å². The van der Waals surface area contributed by atoms with Gasteiger partial charge in [0.25, 0.3) is 0 Å². The Morgan fingerprint density at radius 3 is 1.73 bits per heavy atom. The molecule has 0 radical (unpaired) electrons. The third kappa shape index (κ3) is 20.2. The molecule has 4 saturated heterocycles. The quantitative estimate of drug-likeness (QED) is 0.0212. The summed E-state index contributed by atoms with van der Waals surface area (Å²) in [6.07, 6.45) is -1.90. The fourth-order valence-electron chi connectivity index (χ4n) is 10.7. The maximum absolute atomic E-state index is 14.5. The van der Waals surface area contributed by atoms with Crippen LogP contribution in [0.3, 0.4) is 0 Å². The molecule has 16 N–H and O–H groups in total. The molecule has 0 aromatic heterocycles. The second-order valence-corrected chi connectivity index (χ2v) is 22.2. The fourth-order valence-corrected chi connectivity index (χ4v) is 10.7. The molecule has 4 rings (SSSR count). The van der Waals surface area contributed by atoms with Crippen LogP contribution in [0.25, 0.3) is 0 Å². The molecule has 0 bridgehead atoms. The van der Waals surface area contributed by atoms with E-state index in [-0.39, 0.29) is 77.0 Å². The van der Waals surface area contributed by atoms with Crippen LogP contribution < -0.4 is 38.1 Å². The number of carboxylic acids is 2. The van der Waals surface area contributed by atoms with Crippen LogP contribution in [0.4, 0.5) is 0 Å². The lowest BCUT2D eigenvalue weighted by Gasteiger charge is -2.34. The summed E-state index contributed by atoms with van der Waals surface area (Å²) < 4.78 is 5.68. The number of hydrogen-bond donors (Lipinski definition) is 14. The minimum atomic E-state index is -2.76. The molecule has 4 aliphatic heterocycles. The Morgan fingerprint density at radius 1 is 0.602 bits per heavy atom. The van der Waals surface area contributed by atoms with Crippen molar-refractivity contribution in [1.82, 2.24) is 41.3 Å². The van der Waals surface area contributed by atoms with E-state index >= 15 is 0 Å². The number of guanidine groups is 1. The molecule has 30 heteroatoms. The number of unbranched alkanes of at least 4 members (excludes halogenated alkanes) is 8. The monoisotopic (exact) mass is 1180 g/mol. The molecule has 8 amide bonds. The molecule has 0 aromatic carbocycles. The molecule has 468 valence electrons. The number of nitrogens with one attached hydrogen (secondary N) is 5. The number of cyclic esters (lactones) is 1. The number of ether oxygens (including phenoxy) is 1. The molecule has 0 spiro atoms. The number of aliphatic hydroxyl groups is 5. The van der Waals surface area contributed by atoms with Gasteiger partial charge >= 0.3 is 17.9 Å². The zero-order valence-electron chi connectivity index (χ0n) is 47.5. The van der Waals surface area contributed by atoms with Crippen molar-refractivity contribution in [2.45, 2.75) is 222 Å². The fraction of sp³-hybridized carbons (Fsp3) is 0.774. The second kappa shape index (κ2) is 33.5. The van der Waals surface area contributed by atoms with Gasteiger partial charge in [0.05, 0.1) is 25.2 Å². The van der Waals surface area contributed by atoms with Crippen LogP contribution >= 0.6 is 0 Å². The van der Waals surface area contributed by atoms with E-state index in [2.05, 4.69) is 34.8 Å². The topological polar surface area (TPSA) is 473 Å². The van der Waals surface area contributed by atoms with Crippen LogP contribution in [-0.4, -0.2) is 233 Å². The predicted molar refractivity (Wildman–Crippen MR) is 291 cm³/mol. The Balaban J connectivity index is 1.75. The lowest BCUT2D eigenvalue weighted by atomic mass is 10.0. The summed E-state index contributed by atoms with van der Waals surface area (Å²) in [7, 11) is 0. The van der Waals surface area contributed by atoms with E-state index in [1.165, 1.54) is 11.8 Å². The van der Waals surface area contributed by atoms with E-state index in [0.717, 1.165) is 56.3 Å². The number of carbonyl (C=O) groups is 11. The van der Waals surface area contributed by atoms with Gasteiger partial charge in [0.1, 0.15) is 48.4 Å². The Hall–Kier alpha value is -6.76. The number of aliphatic imine (C=N–C) groups is 1. The zero-order chi connectivity index (χ0) is 61.7. The average molecular weight is 1180 g/mol. The molecule has 4 aliphatic rings. The number of rotatable bonds is 22. The highest BCUT2D eigenvalue weighted by Crippen LogP contribution is 2.27. The standard InChI is InChI=1S/C53H87N11O19/c1-28(2)16-11-9-7-5-4-6-8-10-12-17-30-26-36(68)59-37(29(3)66)49(77)63-24-15-20-34(63)48(76)62-23-14-19-33(62)44(72)57-31(18-13-22-56-53(54)55)43(71)60-38(41(69)50(78)79)45(73)58-32(27-65)47(75)64-25-21-35(67)40(64)46(74)61-39(52(82)83-30)42(70)51(80)81/h28-35,37-42,65-67,69-70H,4-27H2,1-3H3,(H,57,72)(H,58,73)(H,59,68)(H,60,71)(H,61,74)(H,78,79)(H,80,81)(H4,54,55,56)/t29-,30+,31+,32-,33+,34-,35+,37-,38-,39+,40+,41-,42+/m1/s1. The van der Waals surface area contributed by atoms with Crippen molar-refractivity contribution in [3.05, 3.63) is 0 Å². The first-order valence-corrected chi connectivity index (χ1v) is 28.8. The number of aliphatic hydroxyl groups excluding tert-OH is 5. The predicted octanol–water partition coefficient (Wildman–Crippen LogP) is -4.07. The van der Waals surface area contributed by atoms with E-state index in [9.17, 15) is 88.5 Å². The summed E-state index contributed by atoms with van der Waals surface area (Å²) in [6, 6.07) is -14.9. The molecule has 4 fully saturated rings. The van der Waals surface area contributed by atoms with Crippen LogP contribution in [0.15, 0.2) is 4.99 Å². The third-order valence-corrected chi connectivity index (χ3v) is 15.3. The molecule has 30 nitrogen and oxygen atoms in total. The Labute approximate surface area is 481 Å². The first kappa shape index (κ1) is 68.7. The van der Waals surface area contributed by atoms with Gasteiger partial charge in [-0.1, -0.05) is 71.6 Å². The van der Waals surface area contributed by atoms with Gasteiger partial charge in [0.15, 0.2) is 24.2 Å². The summed E-state index contributed by atoms with van der Waals surface area (Å²) in [6.45, 7) is 3.67. The van der Waals surface area contributed by atoms with Crippen LogP contribution in [0.1, 0.15) is 143 Å². The number of aliphatic carboxylic acids is 2. The highest BCUT2D eigenvalue weighted by Gasteiger charge is 2.48. The van der Waals surface area contributed by atoms with E-state index in [1.54, 1.807) is 0 Å². The summed E-state index contributed by atoms with van der Waals surface area (Å²) in [5, 5.41) is 85.0. The number of carbonyl (C=O) groups excluding carboxylic acids is 9. The Kier molecular flexibility index (Phi) is 27.8. The largest absolute Gasteiger partial charge is 0.479 e. The summed E-state index contributed by atoms with van der Waals surface area (Å²) >= 11 is 0. The van der Waals surface area contributed by atoms with Gasteiger partial charge < -0.3 is 93.2 Å². The van der Waals surface area contributed by atoms with Gasteiger partial charge in [-0.2, -0.15) is 0 Å². The molecular formula is C53H87N11O19. The first-order valence-electron chi connectivity index (χ1n) is 28.8. The summed E-state index contributed by atoms with van der Waals surface area (Å²) in [5.74, 6) is -14.4. The smallest absolute Gasteiger partial charge is 0.335 e. The molecule has 0 unspecified atom stereocenters. The highest BCUT2D eigenvalue weighted by atomic mass is 16.5. The highest BCUT2D eigenvalue weighted by molar-refractivity contribution is 6.00. The van der Waals surface area contributed by atoms with Crippen LogP contribution in [-0.2, 0) is 57.5 Å². The van der Waals surface area contributed by atoms with Crippen molar-refractivity contribution >= 4 is 71.1 Å². The SMILES string of the molecule is CC(C)CCCCCCCCCCC[C@H]1CC(=O)N[C@H]([C@@H](C)O)C(=O)N2CCC[C@@H]2C(=O)N2CCC[C@H]2C(=O)N[C@@H](CCCN=C(N)N)C(=O)N[C@H]([C@@H](O)C(=O)O)C(=O)N[C@H](CO)C(=O)N2CC[C@H](O)[C@H]2C(=O)N[C@@H]([C@H](O)C(=O)O)C(=O)O1. The summed E-state index contributed by atoms with van der Waals surface area (Å²) in [5.41, 5.74) is 10.9. The van der Waals surface area contributed by atoms with Crippen LogP contribution in [0, 0.1) is 5.92 Å². The normalized spacial score (nSPS) is 27.8. The number of fused-ring (bicyclic) bond motifs is 3. The van der Waals surface area contributed by atoms with Crippen molar-refractivity contribution in [3.63, 3.8) is 0 Å². The minimum Gasteiger partial charge on any atom is -0.479 e. The number of amides is 8. The Bertz CT molecular complexity index is 2300.